The number of benzene rings is 1. The minimum Gasteiger partial charge on any atom is -0.314 e. The second-order valence-electron chi connectivity index (χ2n) is 5.99. The highest BCUT2D eigenvalue weighted by Crippen LogP contribution is 2.36. The standard InChI is InChI=1S/C17H24F3N/c1-2-10-21-15(12-17(18,19)20)11-14-8-5-7-13-6-3-4-9-16(13)14/h3-4,6,9,14-15,21H,2,5,7-8,10-12H2,1H3. The van der Waals surface area contributed by atoms with E-state index in [1.165, 1.54) is 11.1 Å². The van der Waals surface area contributed by atoms with Crippen molar-refractivity contribution in [1.29, 1.82) is 0 Å². The Balaban J connectivity index is 2.06. The lowest BCUT2D eigenvalue weighted by Crippen LogP contribution is -2.36. The molecule has 0 amide bonds. The fourth-order valence-corrected chi connectivity index (χ4v) is 3.31. The molecular formula is C17H24F3N. The van der Waals surface area contributed by atoms with Gasteiger partial charge in [0.15, 0.2) is 0 Å². The fourth-order valence-electron chi connectivity index (χ4n) is 3.31. The number of halogens is 3. The van der Waals surface area contributed by atoms with Gasteiger partial charge in [0.2, 0.25) is 0 Å². The first-order valence-corrected chi connectivity index (χ1v) is 7.87. The summed E-state index contributed by atoms with van der Waals surface area (Å²) >= 11 is 0. The van der Waals surface area contributed by atoms with Crippen LogP contribution in [-0.2, 0) is 6.42 Å². The second kappa shape index (κ2) is 7.30. The van der Waals surface area contributed by atoms with Gasteiger partial charge in [-0.05, 0) is 55.7 Å². The predicted octanol–water partition coefficient (Wildman–Crippen LogP) is 4.82. The van der Waals surface area contributed by atoms with E-state index >= 15 is 0 Å². The van der Waals surface area contributed by atoms with Gasteiger partial charge in [-0.2, -0.15) is 13.2 Å². The van der Waals surface area contributed by atoms with Gasteiger partial charge in [-0.3, -0.25) is 0 Å². The molecule has 21 heavy (non-hydrogen) atoms. The number of alkyl halides is 3. The van der Waals surface area contributed by atoms with Crippen LogP contribution in [0.5, 0.6) is 0 Å². The summed E-state index contributed by atoms with van der Waals surface area (Å²) in [5.41, 5.74) is 2.57. The summed E-state index contributed by atoms with van der Waals surface area (Å²) in [6.07, 6.45) is -0.260. The summed E-state index contributed by atoms with van der Waals surface area (Å²) in [6, 6.07) is 7.74. The average molecular weight is 299 g/mol. The largest absolute Gasteiger partial charge is 0.390 e. The summed E-state index contributed by atoms with van der Waals surface area (Å²) in [5, 5.41) is 3.08. The Kier molecular flexibility index (Phi) is 5.68. The summed E-state index contributed by atoms with van der Waals surface area (Å²) < 4.78 is 38.2. The van der Waals surface area contributed by atoms with Crippen LogP contribution in [0.3, 0.4) is 0 Å². The van der Waals surface area contributed by atoms with Crippen LogP contribution in [0.25, 0.3) is 0 Å². The van der Waals surface area contributed by atoms with Crippen molar-refractivity contribution in [3.63, 3.8) is 0 Å². The first kappa shape index (κ1) is 16.3. The van der Waals surface area contributed by atoms with E-state index in [2.05, 4.69) is 17.4 Å². The Morgan fingerprint density at radius 1 is 1.29 bits per heavy atom. The van der Waals surface area contributed by atoms with E-state index in [1.807, 2.05) is 19.1 Å². The lowest BCUT2D eigenvalue weighted by Gasteiger charge is -2.30. The third-order valence-corrected chi connectivity index (χ3v) is 4.22. The van der Waals surface area contributed by atoms with Gasteiger partial charge < -0.3 is 5.32 Å². The molecule has 1 N–H and O–H groups in total. The van der Waals surface area contributed by atoms with Crippen LogP contribution in [-0.4, -0.2) is 18.8 Å². The molecule has 0 saturated carbocycles. The fraction of sp³-hybridized carbons (Fsp3) is 0.647. The number of hydrogen-bond donors (Lipinski definition) is 1. The molecule has 0 spiro atoms. The van der Waals surface area contributed by atoms with E-state index < -0.39 is 18.6 Å². The van der Waals surface area contributed by atoms with Crippen LogP contribution in [0.2, 0.25) is 0 Å². The molecule has 1 aromatic rings. The van der Waals surface area contributed by atoms with Gasteiger partial charge in [0.1, 0.15) is 0 Å². The molecule has 0 aromatic heterocycles. The number of aryl methyl sites for hydroxylation is 1. The Morgan fingerprint density at radius 2 is 2.05 bits per heavy atom. The molecular weight excluding hydrogens is 275 g/mol. The van der Waals surface area contributed by atoms with Gasteiger partial charge in [-0.1, -0.05) is 31.2 Å². The molecule has 118 valence electrons. The molecule has 4 heteroatoms. The van der Waals surface area contributed by atoms with Crippen molar-refractivity contribution in [2.24, 2.45) is 0 Å². The van der Waals surface area contributed by atoms with Crippen molar-refractivity contribution < 1.29 is 13.2 Å². The molecule has 0 aliphatic heterocycles. The summed E-state index contributed by atoms with van der Waals surface area (Å²) in [7, 11) is 0. The van der Waals surface area contributed by atoms with Gasteiger partial charge in [0.25, 0.3) is 0 Å². The molecule has 2 rings (SSSR count). The van der Waals surface area contributed by atoms with Crippen LogP contribution in [0.4, 0.5) is 13.2 Å². The summed E-state index contributed by atoms with van der Waals surface area (Å²) in [5.74, 6) is 0.256. The average Bonchev–Trinajstić information content (AvgIpc) is 2.43. The topological polar surface area (TPSA) is 12.0 Å². The number of rotatable bonds is 6. The number of nitrogens with one attached hydrogen (secondary N) is 1. The van der Waals surface area contributed by atoms with Crippen LogP contribution in [0.1, 0.15) is 56.1 Å². The molecule has 2 unspecified atom stereocenters. The van der Waals surface area contributed by atoms with E-state index in [1.54, 1.807) is 0 Å². The van der Waals surface area contributed by atoms with E-state index in [9.17, 15) is 13.2 Å². The molecule has 1 aliphatic carbocycles. The van der Waals surface area contributed by atoms with Crippen LogP contribution in [0.15, 0.2) is 24.3 Å². The van der Waals surface area contributed by atoms with Crippen LogP contribution < -0.4 is 5.32 Å². The van der Waals surface area contributed by atoms with E-state index in [0.29, 0.717) is 13.0 Å². The van der Waals surface area contributed by atoms with Crippen molar-refractivity contribution in [2.75, 3.05) is 6.54 Å². The maximum Gasteiger partial charge on any atom is 0.390 e. The minimum atomic E-state index is -4.10. The third kappa shape index (κ3) is 5.03. The van der Waals surface area contributed by atoms with Crippen molar-refractivity contribution in [1.82, 2.24) is 5.32 Å². The maximum atomic E-state index is 12.7. The quantitative estimate of drug-likeness (QED) is 0.794. The molecule has 1 aromatic carbocycles. The number of hydrogen-bond acceptors (Lipinski definition) is 1. The predicted molar refractivity (Wildman–Crippen MR) is 79.5 cm³/mol. The molecule has 1 nitrogen and oxygen atoms in total. The molecule has 0 saturated heterocycles. The smallest absolute Gasteiger partial charge is 0.314 e. The lowest BCUT2D eigenvalue weighted by molar-refractivity contribution is -0.140. The SMILES string of the molecule is CCCNC(CC1CCCc2ccccc21)CC(F)(F)F. The molecule has 0 radical (unpaired) electrons. The van der Waals surface area contributed by atoms with Gasteiger partial charge in [0.05, 0.1) is 6.42 Å². The van der Waals surface area contributed by atoms with E-state index in [-0.39, 0.29) is 5.92 Å². The van der Waals surface area contributed by atoms with Gasteiger partial charge >= 0.3 is 6.18 Å². The van der Waals surface area contributed by atoms with Crippen molar-refractivity contribution in [2.45, 2.75) is 63.6 Å². The normalized spacial score (nSPS) is 20.1. The highest BCUT2D eigenvalue weighted by atomic mass is 19.4. The van der Waals surface area contributed by atoms with Gasteiger partial charge in [0, 0.05) is 6.04 Å². The zero-order valence-corrected chi connectivity index (χ0v) is 12.5. The van der Waals surface area contributed by atoms with Gasteiger partial charge in [-0.15, -0.1) is 0 Å². The number of fused-ring (bicyclic) bond motifs is 1. The second-order valence-corrected chi connectivity index (χ2v) is 5.99. The van der Waals surface area contributed by atoms with Crippen molar-refractivity contribution in [3.8, 4) is 0 Å². The molecule has 2 atom stereocenters. The Hall–Kier alpha value is -1.03. The highest BCUT2D eigenvalue weighted by Gasteiger charge is 2.33. The first-order chi connectivity index (χ1) is 9.99. The highest BCUT2D eigenvalue weighted by molar-refractivity contribution is 5.32. The molecule has 1 aliphatic rings. The zero-order chi connectivity index (χ0) is 15.3. The van der Waals surface area contributed by atoms with Gasteiger partial charge in [-0.25, -0.2) is 0 Å². The maximum absolute atomic E-state index is 12.7. The minimum absolute atomic E-state index is 0.256. The van der Waals surface area contributed by atoms with Crippen molar-refractivity contribution >= 4 is 0 Å². The first-order valence-electron chi connectivity index (χ1n) is 7.87. The summed E-state index contributed by atoms with van der Waals surface area (Å²) in [6.45, 7) is 2.63. The van der Waals surface area contributed by atoms with Crippen LogP contribution >= 0.6 is 0 Å². The lowest BCUT2D eigenvalue weighted by atomic mass is 9.79. The van der Waals surface area contributed by atoms with Crippen LogP contribution in [0, 0.1) is 0 Å². The molecule has 0 bridgehead atoms. The van der Waals surface area contributed by atoms with E-state index in [0.717, 1.165) is 25.7 Å². The Bertz CT molecular complexity index is 442. The van der Waals surface area contributed by atoms with E-state index in [4.69, 9.17) is 0 Å². The van der Waals surface area contributed by atoms with Crippen molar-refractivity contribution in [3.05, 3.63) is 35.4 Å². The monoisotopic (exact) mass is 299 g/mol. The zero-order valence-electron chi connectivity index (χ0n) is 12.5. The Morgan fingerprint density at radius 3 is 2.76 bits per heavy atom. The third-order valence-electron chi connectivity index (χ3n) is 4.22. The molecule has 0 fully saturated rings. The molecule has 0 heterocycles. The summed E-state index contributed by atoms with van der Waals surface area (Å²) in [4.78, 5) is 0. The Labute approximate surface area is 124 Å².